The zero-order chi connectivity index (χ0) is 25.4. The molecule has 35 heavy (non-hydrogen) atoms. The predicted octanol–water partition coefficient (Wildman–Crippen LogP) is 4.03. The first-order valence-corrected chi connectivity index (χ1v) is 11.0. The molecule has 0 aliphatic carbocycles. The number of para-hydroxylation sites is 1. The highest BCUT2D eigenvalue weighted by atomic mass is 16.5. The lowest BCUT2D eigenvalue weighted by Gasteiger charge is -2.10. The van der Waals surface area contributed by atoms with Gasteiger partial charge in [-0.15, -0.1) is 0 Å². The fourth-order valence-electron chi connectivity index (χ4n) is 3.10. The van der Waals surface area contributed by atoms with Crippen LogP contribution >= 0.6 is 0 Å². The van der Waals surface area contributed by atoms with Gasteiger partial charge in [0.1, 0.15) is 5.75 Å². The molecule has 0 heterocycles. The van der Waals surface area contributed by atoms with Crippen LogP contribution in [0.1, 0.15) is 27.8 Å². The van der Waals surface area contributed by atoms with E-state index in [1.165, 1.54) is 6.21 Å². The summed E-state index contributed by atoms with van der Waals surface area (Å²) in [6, 6.07) is 17.9. The van der Waals surface area contributed by atoms with Gasteiger partial charge in [-0.2, -0.15) is 5.10 Å². The van der Waals surface area contributed by atoms with E-state index in [-0.39, 0.29) is 12.5 Å². The molecule has 0 aliphatic rings. The number of carbonyl (C=O) groups excluding carboxylic acids is 3. The number of benzene rings is 3. The molecule has 8 nitrogen and oxygen atoms in total. The Balaban J connectivity index is 1.54. The van der Waals surface area contributed by atoms with Gasteiger partial charge in [-0.3, -0.25) is 14.4 Å². The molecule has 3 aromatic carbocycles. The number of rotatable bonds is 7. The van der Waals surface area contributed by atoms with Gasteiger partial charge in [-0.1, -0.05) is 24.3 Å². The van der Waals surface area contributed by atoms with Gasteiger partial charge < -0.3 is 15.4 Å². The van der Waals surface area contributed by atoms with Gasteiger partial charge in [0.05, 0.1) is 6.21 Å². The third kappa shape index (κ3) is 7.26. The Morgan fingerprint density at radius 1 is 0.771 bits per heavy atom. The number of hydrogen-bond acceptors (Lipinski definition) is 5. The number of ether oxygens (including phenoxy) is 1. The van der Waals surface area contributed by atoms with Crippen molar-refractivity contribution in [1.82, 2.24) is 5.43 Å². The van der Waals surface area contributed by atoms with E-state index in [4.69, 9.17) is 4.74 Å². The predicted molar refractivity (Wildman–Crippen MR) is 137 cm³/mol. The molecule has 180 valence electrons. The summed E-state index contributed by atoms with van der Waals surface area (Å²) in [6.45, 7) is 7.65. The van der Waals surface area contributed by atoms with Gasteiger partial charge in [-0.05, 0) is 86.3 Å². The second kappa shape index (κ2) is 11.6. The number of hydrogen-bond donors (Lipinski definition) is 3. The van der Waals surface area contributed by atoms with Crippen LogP contribution in [0.25, 0.3) is 0 Å². The van der Waals surface area contributed by atoms with Crippen molar-refractivity contribution in [1.29, 1.82) is 0 Å². The number of carbonyl (C=O) groups is 3. The molecule has 0 spiro atoms. The van der Waals surface area contributed by atoms with Crippen LogP contribution in [0.5, 0.6) is 5.75 Å². The molecule has 0 radical (unpaired) electrons. The molecule has 0 saturated carbocycles. The number of nitrogens with one attached hydrogen (secondary N) is 3. The molecule has 0 atom stereocenters. The van der Waals surface area contributed by atoms with Crippen LogP contribution in [-0.2, 0) is 14.4 Å². The summed E-state index contributed by atoms with van der Waals surface area (Å²) in [7, 11) is 0. The van der Waals surface area contributed by atoms with Crippen LogP contribution in [-0.4, -0.2) is 30.5 Å². The van der Waals surface area contributed by atoms with Crippen molar-refractivity contribution in [3.8, 4) is 5.75 Å². The Bertz CT molecular complexity index is 1280. The molecule has 3 amide bonds. The van der Waals surface area contributed by atoms with Crippen molar-refractivity contribution in [3.63, 3.8) is 0 Å². The van der Waals surface area contributed by atoms with Gasteiger partial charge in [0.15, 0.2) is 6.61 Å². The highest BCUT2D eigenvalue weighted by Gasteiger charge is 2.13. The topological polar surface area (TPSA) is 109 Å². The van der Waals surface area contributed by atoms with E-state index >= 15 is 0 Å². The first-order valence-electron chi connectivity index (χ1n) is 11.0. The van der Waals surface area contributed by atoms with E-state index in [0.717, 1.165) is 22.3 Å². The summed E-state index contributed by atoms with van der Waals surface area (Å²) >= 11 is 0. The van der Waals surface area contributed by atoms with Crippen LogP contribution in [0.2, 0.25) is 0 Å². The van der Waals surface area contributed by atoms with Crippen LogP contribution in [0, 0.1) is 27.7 Å². The largest absolute Gasteiger partial charge is 0.483 e. The van der Waals surface area contributed by atoms with E-state index in [0.29, 0.717) is 22.7 Å². The second-order valence-electron chi connectivity index (χ2n) is 8.13. The molecular formula is C27H28N4O4. The summed E-state index contributed by atoms with van der Waals surface area (Å²) in [5.74, 6) is -1.65. The Hall–Kier alpha value is -4.46. The molecule has 0 aromatic heterocycles. The van der Waals surface area contributed by atoms with Gasteiger partial charge in [-0.25, -0.2) is 5.43 Å². The minimum Gasteiger partial charge on any atom is -0.483 e. The van der Waals surface area contributed by atoms with Gasteiger partial charge in [0.2, 0.25) is 0 Å². The summed E-state index contributed by atoms with van der Waals surface area (Å²) in [4.78, 5) is 36.5. The van der Waals surface area contributed by atoms with Crippen molar-refractivity contribution < 1.29 is 19.1 Å². The maximum atomic E-state index is 12.3. The third-order valence-corrected chi connectivity index (χ3v) is 5.41. The molecular weight excluding hydrogens is 444 g/mol. The number of hydrazone groups is 1. The molecule has 0 bridgehead atoms. The summed E-state index contributed by atoms with van der Waals surface area (Å²) < 4.78 is 5.63. The standard InChI is InChI=1S/C27H28N4O4/c1-17-9-11-22(13-19(17)3)29-25(32)16-35-24-8-6-5-7-21(24)15-28-31-27(34)26(33)30-23-12-10-18(2)20(4)14-23/h5-15H,16H2,1-4H3,(H,29,32)(H,30,33)(H,31,34)/b28-15-. The molecule has 0 aliphatic heterocycles. The van der Waals surface area contributed by atoms with Gasteiger partial charge >= 0.3 is 11.8 Å². The summed E-state index contributed by atoms with van der Waals surface area (Å²) in [6.07, 6.45) is 1.35. The van der Waals surface area contributed by atoms with Crippen LogP contribution in [0.3, 0.4) is 0 Å². The maximum absolute atomic E-state index is 12.3. The quantitative estimate of drug-likeness (QED) is 0.274. The normalized spacial score (nSPS) is 10.6. The number of nitrogens with zero attached hydrogens (tertiary/aromatic N) is 1. The Morgan fingerprint density at radius 3 is 2.00 bits per heavy atom. The van der Waals surface area contributed by atoms with Gasteiger partial charge in [0.25, 0.3) is 5.91 Å². The molecule has 3 aromatic rings. The second-order valence-corrected chi connectivity index (χ2v) is 8.13. The van der Waals surface area contributed by atoms with E-state index in [1.54, 1.807) is 36.4 Å². The first kappa shape index (κ1) is 25.2. The van der Waals surface area contributed by atoms with Crippen LogP contribution in [0.4, 0.5) is 11.4 Å². The number of amides is 3. The van der Waals surface area contributed by atoms with Crippen molar-refractivity contribution >= 4 is 35.3 Å². The molecule has 3 N–H and O–H groups in total. The van der Waals surface area contributed by atoms with E-state index in [2.05, 4.69) is 21.2 Å². The van der Waals surface area contributed by atoms with Crippen molar-refractivity contribution in [3.05, 3.63) is 88.5 Å². The van der Waals surface area contributed by atoms with Gasteiger partial charge in [0, 0.05) is 16.9 Å². The van der Waals surface area contributed by atoms with Crippen molar-refractivity contribution in [2.75, 3.05) is 17.2 Å². The Kier molecular flexibility index (Phi) is 8.34. The zero-order valence-electron chi connectivity index (χ0n) is 20.1. The fraction of sp³-hybridized carbons (Fsp3) is 0.185. The smallest absolute Gasteiger partial charge is 0.329 e. The zero-order valence-corrected chi connectivity index (χ0v) is 20.1. The maximum Gasteiger partial charge on any atom is 0.329 e. The lowest BCUT2D eigenvalue weighted by molar-refractivity contribution is -0.136. The lowest BCUT2D eigenvalue weighted by atomic mass is 10.1. The SMILES string of the molecule is Cc1ccc(NC(=O)COc2ccccc2/C=N\NC(=O)C(=O)Nc2ccc(C)c(C)c2)cc1C. The Morgan fingerprint density at radius 2 is 1.37 bits per heavy atom. The molecule has 0 fully saturated rings. The van der Waals surface area contributed by atoms with Crippen LogP contribution in [0.15, 0.2) is 65.8 Å². The minimum absolute atomic E-state index is 0.206. The van der Waals surface area contributed by atoms with E-state index < -0.39 is 11.8 Å². The first-order chi connectivity index (χ1) is 16.7. The molecule has 0 unspecified atom stereocenters. The number of aryl methyl sites for hydroxylation is 4. The molecule has 0 saturated heterocycles. The number of anilines is 2. The third-order valence-electron chi connectivity index (χ3n) is 5.41. The molecule has 3 rings (SSSR count). The average Bonchev–Trinajstić information content (AvgIpc) is 2.83. The van der Waals surface area contributed by atoms with E-state index in [9.17, 15) is 14.4 Å². The highest BCUT2D eigenvalue weighted by Crippen LogP contribution is 2.17. The van der Waals surface area contributed by atoms with E-state index in [1.807, 2.05) is 52.0 Å². The van der Waals surface area contributed by atoms with Crippen LogP contribution < -0.4 is 20.8 Å². The highest BCUT2D eigenvalue weighted by molar-refractivity contribution is 6.39. The minimum atomic E-state index is -0.911. The summed E-state index contributed by atoms with van der Waals surface area (Å²) in [5.41, 5.74) is 8.24. The lowest BCUT2D eigenvalue weighted by Crippen LogP contribution is -2.32. The van der Waals surface area contributed by atoms with Crippen molar-refractivity contribution in [2.45, 2.75) is 27.7 Å². The molecule has 8 heteroatoms. The Labute approximate surface area is 204 Å². The average molecular weight is 473 g/mol. The monoisotopic (exact) mass is 472 g/mol. The summed E-state index contributed by atoms with van der Waals surface area (Å²) in [5, 5.41) is 9.18. The van der Waals surface area contributed by atoms with Crippen molar-refractivity contribution in [2.24, 2.45) is 5.10 Å². The fourth-order valence-corrected chi connectivity index (χ4v) is 3.10.